The highest BCUT2D eigenvalue weighted by atomic mass is 16.2. The van der Waals surface area contributed by atoms with Gasteiger partial charge in [-0.2, -0.15) is 0 Å². The molecule has 2 heterocycles. The van der Waals surface area contributed by atoms with E-state index in [1.807, 2.05) is 35.8 Å². The van der Waals surface area contributed by atoms with Crippen LogP contribution < -0.4 is 0 Å². The van der Waals surface area contributed by atoms with E-state index in [2.05, 4.69) is 41.9 Å². The van der Waals surface area contributed by atoms with Crippen molar-refractivity contribution in [1.82, 2.24) is 14.5 Å². The van der Waals surface area contributed by atoms with Gasteiger partial charge < -0.3 is 9.47 Å². The Morgan fingerprint density at radius 3 is 2.65 bits per heavy atom. The molecule has 4 nitrogen and oxygen atoms in total. The van der Waals surface area contributed by atoms with Crippen LogP contribution in [0.1, 0.15) is 48.5 Å². The Balaban J connectivity index is 1.64. The number of carbonyl (C=O) groups is 1. The molecule has 1 amide bonds. The molecule has 2 unspecified atom stereocenters. The first-order valence-corrected chi connectivity index (χ1v) is 9.35. The average molecular weight is 347 g/mol. The number of amides is 1. The minimum Gasteiger partial charge on any atom is -0.334 e. The lowest BCUT2D eigenvalue weighted by Gasteiger charge is -2.29. The largest absolute Gasteiger partial charge is 0.334 e. The number of likely N-dealkylation sites (tertiary alicyclic amines) is 1. The van der Waals surface area contributed by atoms with Crippen molar-refractivity contribution < 1.29 is 4.79 Å². The normalized spacial score (nSPS) is 18.4. The van der Waals surface area contributed by atoms with Crippen molar-refractivity contribution in [2.45, 2.75) is 45.7 Å². The second kappa shape index (κ2) is 6.60. The zero-order valence-corrected chi connectivity index (χ0v) is 15.6. The second-order valence-electron chi connectivity index (χ2n) is 7.43. The zero-order chi connectivity index (χ0) is 18.3. The molecule has 1 aromatic heterocycles. The summed E-state index contributed by atoms with van der Waals surface area (Å²) in [5.41, 5.74) is 5.71. The fraction of sp³-hybridized carbons (Fsp3) is 0.364. The highest BCUT2D eigenvalue weighted by molar-refractivity contribution is 5.84. The summed E-state index contributed by atoms with van der Waals surface area (Å²) in [6.45, 7) is 7.05. The standard InChI is InChI=1S/C22H25N3O/c1-15-11-16(2)13-18(12-15)20-9-6-10-24(20)22(26)17(3)25-14-23-19-7-4-5-8-21(19)25/h4-5,7-8,11-14,17,20H,6,9-10H2,1-3H3. The van der Waals surface area contributed by atoms with Gasteiger partial charge in [0, 0.05) is 6.54 Å². The summed E-state index contributed by atoms with van der Waals surface area (Å²) >= 11 is 0. The van der Waals surface area contributed by atoms with E-state index in [4.69, 9.17) is 0 Å². The summed E-state index contributed by atoms with van der Waals surface area (Å²) in [5, 5.41) is 0. The van der Waals surface area contributed by atoms with Crippen LogP contribution in [-0.2, 0) is 4.79 Å². The lowest BCUT2D eigenvalue weighted by atomic mass is 9.99. The summed E-state index contributed by atoms with van der Waals surface area (Å²) < 4.78 is 1.99. The van der Waals surface area contributed by atoms with Crippen LogP contribution in [0.2, 0.25) is 0 Å². The van der Waals surface area contributed by atoms with Gasteiger partial charge >= 0.3 is 0 Å². The van der Waals surface area contributed by atoms with Crippen molar-refractivity contribution >= 4 is 16.9 Å². The van der Waals surface area contributed by atoms with E-state index < -0.39 is 0 Å². The highest BCUT2D eigenvalue weighted by Gasteiger charge is 2.33. The van der Waals surface area contributed by atoms with E-state index in [0.717, 1.165) is 30.4 Å². The first kappa shape index (κ1) is 16.8. The summed E-state index contributed by atoms with van der Waals surface area (Å²) in [6, 6.07) is 14.5. The van der Waals surface area contributed by atoms with Crippen LogP contribution in [0.5, 0.6) is 0 Å². The Hall–Kier alpha value is -2.62. The molecule has 0 aliphatic carbocycles. The van der Waals surface area contributed by atoms with Crippen molar-refractivity contribution in [3.05, 3.63) is 65.5 Å². The van der Waals surface area contributed by atoms with Gasteiger partial charge in [-0.05, 0) is 51.3 Å². The molecule has 26 heavy (non-hydrogen) atoms. The third-order valence-corrected chi connectivity index (χ3v) is 5.42. The number of aromatic nitrogens is 2. The first-order valence-electron chi connectivity index (χ1n) is 9.35. The molecule has 2 atom stereocenters. The third-order valence-electron chi connectivity index (χ3n) is 5.42. The number of rotatable bonds is 3. The SMILES string of the molecule is Cc1cc(C)cc(C2CCCN2C(=O)C(C)n2cnc3ccccc32)c1. The van der Waals surface area contributed by atoms with E-state index in [9.17, 15) is 4.79 Å². The molecule has 0 spiro atoms. The molecule has 0 bridgehead atoms. The van der Waals surface area contributed by atoms with E-state index in [0.29, 0.717) is 0 Å². The maximum atomic E-state index is 13.3. The number of hydrogen-bond acceptors (Lipinski definition) is 2. The second-order valence-corrected chi connectivity index (χ2v) is 7.43. The Morgan fingerprint density at radius 1 is 1.15 bits per heavy atom. The number of hydrogen-bond donors (Lipinski definition) is 0. The summed E-state index contributed by atoms with van der Waals surface area (Å²) in [5.74, 6) is 0.176. The molecule has 3 aromatic rings. The van der Waals surface area contributed by atoms with Gasteiger partial charge in [0.05, 0.1) is 23.4 Å². The van der Waals surface area contributed by atoms with Gasteiger partial charge in [0.1, 0.15) is 6.04 Å². The van der Waals surface area contributed by atoms with Crippen molar-refractivity contribution in [1.29, 1.82) is 0 Å². The third kappa shape index (κ3) is 2.90. The number of para-hydroxylation sites is 2. The Kier molecular flexibility index (Phi) is 4.27. The number of aryl methyl sites for hydroxylation is 2. The molecule has 0 radical (unpaired) electrons. The van der Waals surface area contributed by atoms with Gasteiger partial charge in [-0.15, -0.1) is 0 Å². The Morgan fingerprint density at radius 2 is 1.88 bits per heavy atom. The number of fused-ring (bicyclic) bond motifs is 1. The fourth-order valence-electron chi connectivity index (χ4n) is 4.23. The molecule has 1 fully saturated rings. The van der Waals surface area contributed by atoms with E-state index in [1.165, 1.54) is 16.7 Å². The van der Waals surface area contributed by atoms with Crippen LogP contribution in [0, 0.1) is 13.8 Å². The van der Waals surface area contributed by atoms with E-state index >= 15 is 0 Å². The quantitative estimate of drug-likeness (QED) is 0.696. The van der Waals surface area contributed by atoms with E-state index in [-0.39, 0.29) is 18.0 Å². The summed E-state index contributed by atoms with van der Waals surface area (Å²) in [7, 11) is 0. The van der Waals surface area contributed by atoms with Crippen molar-refractivity contribution in [3.8, 4) is 0 Å². The Bertz CT molecular complexity index is 939. The van der Waals surface area contributed by atoms with Crippen LogP contribution in [0.15, 0.2) is 48.8 Å². The van der Waals surface area contributed by atoms with Gasteiger partial charge in [-0.3, -0.25) is 4.79 Å². The minimum absolute atomic E-state index is 0.176. The minimum atomic E-state index is -0.256. The molecule has 0 saturated carbocycles. The van der Waals surface area contributed by atoms with Crippen LogP contribution in [0.3, 0.4) is 0 Å². The van der Waals surface area contributed by atoms with Gasteiger partial charge in [0.15, 0.2) is 0 Å². The van der Waals surface area contributed by atoms with Crippen molar-refractivity contribution in [2.24, 2.45) is 0 Å². The highest BCUT2D eigenvalue weighted by Crippen LogP contribution is 2.35. The molecule has 1 saturated heterocycles. The van der Waals surface area contributed by atoms with Gasteiger partial charge in [-0.25, -0.2) is 4.98 Å². The monoisotopic (exact) mass is 347 g/mol. The zero-order valence-electron chi connectivity index (χ0n) is 15.6. The maximum absolute atomic E-state index is 13.3. The fourth-order valence-corrected chi connectivity index (χ4v) is 4.23. The molecular weight excluding hydrogens is 322 g/mol. The maximum Gasteiger partial charge on any atom is 0.245 e. The molecule has 0 N–H and O–H groups in total. The number of nitrogens with zero attached hydrogens (tertiary/aromatic N) is 3. The molecule has 4 heteroatoms. The molecular formula is C22H25N3O. The number of imidazole rings is 1. The van der Waals surface area contributed by atoms with Crippen LogP contribution >= 0.6 is 0 Å². The molecule has 1 aliphatic heterocycles. The summed E-state index contributed by atoms with van der Waals surface area (Å²) in [6.07, 6.45) is 3.88. The molecule has 2 aromatic carbocycles. The average Bonchev–Trinajstić information content (AvgIpc) is 3.26. The van der Waals surface area contributed by atoms with Crippen molar-refractivity contribution in [2.75, 3.05) is 6.54 Å². The van der Waals surface area contributed by atoms with Crippen LogP contribution in [0.25, 0.3) is 11.0 Å². The molecule has 4 rings (SSSR count). The van der Waals surface area contributed by atoms with E-state index in [1.54, 1.807) is 6.33 Å². The smallest absolute Gasteiger partial charge is 0.245 e. The molecule has 134 valence electrons. The van der Waals surface area contributed by atoms with Crippen LogP contribution in [-0.4, -0.2) is 26.9 Å². The lowest BCUT2D eigenvalue weighted by molar-refractivity contribution is -0.135. The topological polar surface area (TPSA) is 38.1 Å². The number of benzene rings is 2. The Labute approximate surface area is 154 Å². The predicted octanol–water partition coefficient (Wildman–Crippen LogP) is 4.58. The van der Waals surface area contributed by atoms with Crippen LogP contribution in [0.4, 0.5) is 0 Å². The first-order chi connectivity index (χ1) is 12.5. The van der Waals surface area contributed by atoms with Crippen molar-refractivity contribution in [3.63, 3.8) is 0 Å². The van der Waals surface area contributed by atoms with Gasteiger partial charge in [0.2, 0.25) is 5.91 Å². The predicted molar refractivity (Wildman–Crippen MR) is 104 cm³/mol. The van der Waals surface area contributed by atoms with Gasteiger partial charge in [0.25, 0.3) is 0 Å². The lowest BCUT2D eigenvalue weighted by Crippen LogP contribution is -2.35. The summed E-state index contributed by atoms with van der Waals surface area (Å²) in [4.78, 5) is 19.8. The molecule has 1 aliphatic rings. The van der Waals surface area contributed by atoms with Gasteiger partial charge in [-0.1, -0.05) is 41.5 Å². The number of carbonyl (C=O) groups excluding carboxylic acids is 1.